The van der Waals surface area contributed by atoms with Crippen LogP contribution in [0.1, 0.15) is 41.9 Å². The van der Waals surface area contributed by atoms with Gasteiger partial charge in [0.15, 0.2) is 5.82 Å². The Morgan fingerprint density at radius 3 is 2.37 bits per heavy atom. The molecule has 1 aliphatic carbocycles. The molecule has 2 N–H and O–H groups in total. The van der Waals surface area contributed by atoms with E-state index in [-0.39, 0.29) is 42.2 Å². The Morgan fingerprint density at radius 2 is 1.74 bits per heavy atom. The molecule has 1 saturated carbocycles. The van der Waals surface area contributed by atoms with Crippen LogP contribution in [0.2, 0.25) is 5.02 Å². The molecule has 2 heterocycles. The zero-order valence-corrected chi connectivity index (χ0v) is 21.9. The van der Waals surface area contributed by atoms with E-state index in [0.717, 1.165) is 42.0 Å². The van der Waals surface area contributed by atoms with E-state index in [1.54, 1.807) is 7.11 Å². The van der Waals surface area contributed by atoms with Crippen LogP contribution in [0, 0.1) is 0 Å². The van der Waals surface area contributed by atoms with Crippen molar-refractivity contribution in [1.82, 2.24) is 19.7 Å². The molecule has 3 aromatic rings. The summed E-state index contributed by atoms with van der Waals surface area (Å²) in [5.41, 5.74) is 8.29. The van der Waals surface area contributed by atoms with E-state index < -0.39 is 0 Å². The van der Waals surface area contributed by atoms with Gasteiger partial charge < -0.3 is 19.9 Å². The van der Waals surface area contributed by atoms with Crippen LogP contribution in [0.3, 0.4) is 0 Å². The fourth-order valence-corrected chi connectivity index (χ4v) is 5.50. The summed E-state index contributed by atoms with van der Waals surface area (Å²) in [6.07, 6.45) is 3.69. The van der Waals surface area contributed by atoms with Crippen molar-refractivity contribution in [3.8, 4) is 17.1 Å². The average Bonchev–Trinajstić information content (AvgIpc) is 3.30. The highest BCUT2D eigenvalue weighted by atomic mass is 35.5. The summed E-state index contributed by atoms with van der Waals surface area (Å²) >= 11 is 6.25. The van der Waals surface area contributed by atoms with Gasteiger partial charge in [0.25, 0.3) is 5.91 Å². The van der Waals surface area contributed by atoms with E-state index in [9.17, 15) is 4.79 Å². The van der Waals surface area contributed by atoms with E-state index in [1.807, 2.05) is 51.9 Å². The third-order valence-corrected chi connectivity index (χ3v) is 7.53. The zero-order valence-electron chi connectivity index (χ0n) is 19.5. The molecule has 5 rings (SSSR count). The van der Waals surface area contributed by atoms with Crippen molar-refractivity contribution in [2.75, 3.05) is 20.2 Å². The Kier molecular flexibility index (Phi) is 8.70. The summed E-state index contributed by atoms with van der Waals surface area (Å²) in [4.78, 5) is 15.3. The lowest BCUT2D eigenvalue weighted by Gasteiger charge is -2.44. The van der Waals surface area contributed by atoms with Crippen molar-refractivity contribution in [1.29, 1.82) is 0 Å². The Balaban J connectivity index is 0.00000171. The number of aromatic nitrogens is 3. The molecule has 1 fully saturated rings. The second-order valence-corrected chi connectivity index (χ2v) is 9.39. The Labute approximate surface area is 222 Å². The molecule has 2 aromatic carbocycles. The first-order chi connectivity index (χ1) is 16.0. The first-order valence-electron chi connectivity index (χ1n) is 11.4. The van der Waals surface area contributed by atoms with Crippen LogP contribution in [0.4, 0.5) is 0 Å². The number of ether oxygens (including phenoxy) is 1. The van der Waals surface area contributed by atoms with Crippen LogP contribution in [-0.4, -0.2) is 51.8 Å². The predicted octanol–water partition coefficient (Wildman–Crippen LogP) is 4.75. The number of carbonyl (C=O) groups is 1. The van der Waals surface area contributed by atoms with Crippen molar-refractivity contribution < 1.29 is 9.53 Å². The number of carbonyl (C=O) groups excluding carboxylic acids is 1. The van der Waals surface area contributed by atoms with Crippen LogP contribution in [0.15, 0.2) is 48.5 Å². The van der Waals surface area contributed by atoms with Gasteiger partial charge >= 0.3 is 0 Å². The molecule has 1 aliphatic heterocycles. The molecule has 0 spiro atoms. The predicted molar refractivity (Wildman–Crippen MR) is 142 cm³/mol. The largest absolute Gasteiger partial charge is 0.497 e. The van der Waals surface area contributed by atoms with Gasteiger partial charge in [-0.15, -0.1) is 35.0 Å². The number of nitrogens with two attached hydrogens (primary N) is 1. The molecule has 0 saturated heterocycles. The molecular formula is C25H30Cl3N5O2. The molecular weight excluding hydrogens is 509 g/mol. The Hall–Kier alpha value is -2.32. The second-order valence-electron chi connectivity index (χ2n) is 8.95. The molecule has 7 nitrogen and oxygen atoms in total. The topological polar surface area (TPSA) is 86.3 Å². The summed E-state index contributed by atoms with van der Waals surface area (Å²) in [6, 6.07) is 15.9. The zero-order chi connectivity index (χ0) is 23.0. The van der Waals surface area contributed by atoms with E-state index in [0.29, 0.717) is 31.3 Å². The van der Waals surface area contributed by atoms with Gasteiger partial charge in [-0.05, 0) is 67.6 Å². The maximum absolute atomic E-state index is 13.3. The highest BCUT2D eigenvalue weighted by molar-refractivity contribution is 6.30. The average molecular weight is 539 g/mol. The number of halogens is 3. The third kappa shape index (κ3) is 5.00. The lowest BCUT2D eigenvalue weighted by Crippen LogP contribution is -2.50. The van der Waals surface area contributed by atoms with Crippen molar-refractivity contribution in [2.24, 2.45) is 5.73 Å². The second kappa shape index (κ2) is 11.2. The van der Waals surface area contributed by atoms with Gasteiger partial charge in [0, 0.05) is 41.7 Å². The van der Waals surface area contributed by atoms with Gasteiger partial charge in [0.2, 0.25) is 5.82 Å². The Bertz CT molecular complexity index is 1160. The maximum Gasteiger partial charge on any atom is 0.292 e. The van der Waals surface area contributed by atoms with E-state index >= 15 is 0 Å². The van der Waals surface area contributed by atoms with Crippen molar-refractivity contribution in [2.45, 2.75) is 43.7 Å². The lowest BCUT2D eigenvalue weighted by atomic mass is 9.68. The molecule has 1 aromatic heterocycles. The number of nitrogens with zero attached hydrogens (tertiary/aromatic N) is 4. The van der Waals surface area contributed by atoms with Crippen molar-refractivity contribution >= 4 is 42.3 Å². The molecule has 2 aliphatic rings. The van der Waals surface area contributed by atoms with Crippen LogP contribution in [-0.2, 0) is 12.0 Å². The standard InChI is InChI=1S/C25H28ClN5O2.2ClH/c1-33-21-7-5-17(6-8-21)22-28-29-23-24(32)30(13-14-31(22)23)20-9-11-25(16-27,12-10-20)18-3-2-4-19(26)15-18;;/h2-8,15,20H,9-14,16,27H2,1H3;2*1H/t20-,25-;;. The van der Waals surface area contributed by atoms with Gasteiger partial charge in [0.1, 0.15) is 5.75 Å². The number of rotatable bonds is 5. The molecule has 0 atom stereocenters. The number of benzene rings is 2. The molecule has 0 unspecified atom stereocenters. The maximum atomic E-state index is 13.3. The van der Waals surface area contributed by atoms with Gasteiger partial charge in [-0.3, -0.25) is 4.79 Å². The Morgan fingerprint density at radius 1 is 1.06 bits per heavy atom. The SMILES string of the molecule is COc1ccc(-c2nnc3n2CCN([C@H]2CC[C@](CN)(c4cccc(Cl)c4)CC2)C3=O)cc1.Cl.Cl. The summed E-state index contributed by atoms with van der Waals surface area (Å²) in [6.45, 7) is 1.92. The van der Waals surface area contributed by atoms with Crippen LogP contribution in [0.5, 0.6) is 5.75 Å². The summed E-state index contributed by atoms with van der Waals surface area (Å²) in [5.74, 6) is 1.87. The lowest BCUT2D eigenvalue weighted by molar-refractivity contribution is 0.0523. The van der Waals surface area contributed by atoms with E-state index in [4.69, 9.17) is 22.1 Å². The fourth-order valence-electron chi connectivity index (χ4n) is 5.31. The first kappa shape index (κ1) is 27.3. The molecule has 188 valence electrons. The molecule has 0 radical (unpaired) electrons. The normalized spacial score (nSPS) is 21.5. The quantitative estimate of drug-likeness (QED) is 0.507. The number of hydrogen-bond donors (Lipinski definition) is 1. The van der Waals surface area contributed by atoms with E-state index in [2.05, 4.69) is 16.3 Å². The molecule has 10 heteroatoms. The van der Waals surface area contributed by atoms with Crippen LogP contribution < -0.4 is 10.5 Å². The molecule has 35 heavy (non-hydrogen) atoms. The van der Waals surface area contributed by atoms with Crippen LogP contribution in [0.25, 0.3) is 11.4 Å². The number of amides is 1. The third-order valence-electron chi connectivity index (χ3n) is 7.30. The highest BCUT2D eigenvalue weighted by Gasteiger charge is 2.40. The van der Waals surface area contributed by atoms with Gasteiger partial charge in [-0.1, -0.05) is 23.7 Å². The summed E-state index contributed by atoms with van der Waals surface area (Å²) < 4.78 is 7.17. The smallest absolute Gasteiger partial charge is 0.292 e. The first-order valence-corrected chi connectivity index (χ1v) is 11.8. The van der Waals surface area contributed by atoms with E-state index in [1.165, 1.54) is 5.56 Å². The minimum absolute atomic E-state index is 0. The number of fused-ring (bicyclic) bond motifs is 1. The molecule has 0 bridgehead atoms. The molecule has 1 amide bonds. The minimum atomic E-state index is -0.0816. The summed E-state index contributed by atoms with van der Waals surface area (Å²) in [5, 5.41) is 9.33. The highest BCUT2D eigenvalue weighted by Crippen LogP contribution is 2.41. The minimum Gasteiger partial charge on any atom is -0.497 e. The van der Waals surface area contributed by atoms with Crippen molar-refractivity contribution in [3.05, 3.63) is 64.9 Å². The summed E-state index contributed by atoms with van der Waals surface area (Å²) in [7, 11) is 1.64. The van der Waals surface area contributed by atoms with Gasteiger partial charge in [-0.2, -0.15) is 0 Å². The number of methoxy groups -OCH3 is 1. The van der Waals surface area contributed by atoms with Crippen molar-refractivity contribution in [3.63, 3.8) is 0 Å². The monoisotopic (exact) mass is 537 g/mol. The number of hydrogen-bond acceptors (Lipinski definition) is 5. The fraction of sp³-hybridized carbons (Fsp3) is 0.400. The van der Waals surface area contributed by atoms with Gasteiger partial charge in [0.05, 0.1) is 7.11 Å². The van der Waals surface area contributed by atoms with Gasteiger partial charge in [-0.25, -0.2) is 0 Å². The van der Waals surface area contributed by atoms with Crippen LogP contribution >= 0.6 is 36.4 Å².